The second-order valence-electron chi connectivity index (χ2n) is 10.6. The summed E-state index contributed by atoms with van der Waals surface area (Å²) in [5.41, 5.74) is 6.98. The number of hydrogen-bond acceptors (Lipinski definition) is 6. The van der Waals surface area contributed by atoms with Crippen LogP contribution in [0, 0.1) is 24.4 Å². The van der Waals surface area contributed by atoms with E-state index in [9.17, 15) is 22.8 Å². The lowest BCUT2D eigenvalue weighted by molar-refractivity contribution is 0.244. The minimum atomic E-state index is -0.784. The maximum atomic E-state index is 14.7. The molecule has 5 rings (SSSR count). The van der Waals surface area contributed by atoms with E-state index in [1.165, 1.54) is 23.8 Å². The quantitative estimate of drug-likeness (QED) is 0.318. The van der Waals surface area contributed by atoms with Gasteiger partial charge in [0.05, 0.1) is 20.2 Å². The second-order valence-corrected chi connectivity index (χ2v) is 10.6. The molecule has 0 saturated carbocycles. The van der Waals surface area contributed by atoms with Gasteiger partial charge in [0.25, 0.3) is 5.56 Å². The van der Waals surface area contributed by atoms with Gasteiger partial charge in [0.15, 0.2) is 11.6 Å². The number of hydrogen-bond donors (Lipinski definition) is 1. The van der Waals surface area contributed by atoms with E-state index < -0.39 is 41.3 Å². The SMILES string of the molecule is COc1c(F)cccc1CN1CCN(c2c(C)n(Cc3c(F)cccc3F)c(=O)n(C[C@H](N)c3ccccc3)c2=O)CC1. The first-order chi connectivity index (χ1) is 20.7. The fourth-order valence-corrected chi connectivity index (χ4v) is 5.62. The normalized spacial score (nSPS) is 14.6. The summed E-state index contributed by atoms with van der Waals surface area (Å²) in [6.07, 6.45) is 0. The number of anilines is 1. The molecule has 43 heavy (non-hydrogen) atoms. The Kier molecular flexibility index (Phi) is 9.02. The third-order valence-electron chi connectivity index (χ3n) is 7.98. The molecule has 1 saturated heterocycles. The summed E-state index contributed by atoms with van der Waals surface area (Å²) >= 11 is 0. The number of benzene rings is 3. The smallest absolute Gasteiger partial charge is 0.331 e. The van der Waals surface area contributed by atoms with Crippen LogP contribution in [0.5, 0.6) is 5.75 Å². The van der Waals surface area contributed by atoms with Crippen LogP contribution in [0.1, 0.15) is 28.4 Å². The summed E-state index contributed by atoms with van der Waals surface area (Å²) in [6, 6.07) is 16.7. The van der Waals surface area contributed by atoms with Crippen LogP contribution in [0.15, 0.2) is 76.3 Å². The molecular weight excluding hydrogens is 559 g/mol. The Bertz CT molecular complexity index is 1700. The summed E-state index contributed by atoms with van der Waals surface area (Å²) in [7, 11) is 1.43. The largest absolute Gasteiger partial charge is 0.493 e. The van der Waals surface area contributed by atoms with E-state index in [0.717, 1.165) is 22.3 Å². The average Bonchev–Trinajstić information content (AvgIpc) is 3.00. The lowest BCUT2D eigenvalue weighted by Crippen LogP contribution is -2.51. The average molecular weight is 594 g/mol. The standard InChI is InChI=1S/C32H34F3N5O3/c1-21-29(38-16-14-37(15-17-38)18-23-10-6-13-27(35)30(23)43-2)31(41)40(20-28(36)22-8-4-3-5-9-22)32(42)39(21)19-24-25(33)11-7-12-26(24)34/h3-13,28H,14-20,36H2,1-2H3/t28-/m0/s1. The molecule has 11 heteroatoms. The van der Waals surface area contributed by atoms with Crippen molar-refractivity contribution < 1.29 is 17.9 Å². The maximum absolute atomic E-state index is 14.7. The van der Waals surface area contributed by atoms with Crippen molar-refractivity contribution in [1.82, 2.24) is 14.0 Å². The topological polar surface area (TPSA) is 85.7 Å². The van der Waals surface area contributed by atoms with Gasteiger partial charge < -0.3 is 15.4 Å². The highest BCUT2D eigenvalue weighted by Gasteiger charge is 2.27. The minimum Gasteiger partial charge on any atom is -0.493 e. The van der Waals surface area contributed by atoms with Crippen LogP contribution in [0.25, 0.3) is 0 Å². The third kappa shape index (κ3) is 6.23. The zero-order valence-corrected chi connectivity index (χ0v) is 24.1. The molecule has 4 aromatic rings. The monoisotopic (exact) mass is 593 g/mol. The Morgan fingerprint density at radius 1 is 0.814 bits per heavy atom. The Balaban J connectivity index is 1.49. The first-order valence-corrected chi connectivity index (χ1v) is 14.1. The van der Waals surface area contributed by atoms with Crippen molar-refractivity contribution in [3.05, 3.63) is 127 Å². The zero-order chi connectivity index (χ0) is 30.7. The number of aromatic nitrogens is 2. The van der Waals surface area contributed by atoms with Crippen LogP contribution >= 0.6 is 0 Å². The van der Waals surface area contributed by atoms with Gasteiger partial charge in [-0.3, -0.25) is 18.8 Å². The molecule has 1 aromatic heterocycles. The van der Waals surface area contributed by atoms with Gasteiger partial charge in [-0.15, -0.1) is 0 Å². The lowest BCUT2D eigenvalue weighted by atomic mass is 10.1. The van der Waals surface area contributed by atoms with Crippen molar-refractivity contribution >= 4 is 5.69 Å². The van der Waals surface area contributed by atoms with Crippen LogP contribution in [-0.4, -0.2) is 47.3 Å². The van der Waals surface area contributed by atoms with E-state index in [0.29, 0.717) is 44.0 Å². The molecule has 1 aliphatic heterocycles. The van der Waals surface area contributed by atoms with Crippen molar-refractivity contribution in [2.45, 2.75) is 32.6 Å². The number of para-hydroxylation sites is 1. The van der Waals surface area contributed by atoms with E-state index in [1.807, 2.05) is 41.3 Å². The number of rotatable bonds is 9. The molecule has 8 nitrogen and oxygen atoms in total. The van der Waals surface area contributed by atoms with Gasteiger partial charge in [0.1, 0.15) is 17.3 Å². The molecule has 226 valence electrons. The molecule has 0 aliphatic carbocycles. The summed E-state index contributed by atoms with van der Waals surface area (Å²) in [6.45, 7) is 3.52. The number of methoxy groups -OCH3 is 1. The van der Waals surface area contributed by atoms with Crippen LogP contribution in [-0.2, 0) is 19.6 Å². The Morgan fingerprint density at radius 2 is 1.44 bits per heavy atom. The van der Waals surface area contributed by atoms with E-state index in [2.05, 4.69) is 4.90 Å². The fraction of sp³-hybridized carbons (Fsp3) is 0.312. The Labute approximate surface area is 247 Å². The van der Waals surface area contributed by atoms with Crippen LogP contribution in [0.3, 0.4) is 0 Å². The van der Waals surface area contributed by atoms with Crippen molar-refractivity contribution in [2.24, 2.45) is 5.73 Å². The van der Waals surface area contributed by atoms with Crippen LogP contribution < -0.4 is 26.6 Å². The van der Waals surface area contributed by atoms with Crippen LogP contribution in [0.2, 0.25) is 0 Å². The van der Waals surface area contributed by atoms with Gasteiger partial charge in [-0.05, 0) is 30.7 Å². The Hall–Kier alpha value is -4.35. The molecule has 0 spiro atoms. The molecule has 0 unspecified atom stereocenters. The predicted molar refractivity (Wildman–Crippen MR) is 159 cm³/mol. The highest BCUT2D eigenvalue weighted by molar-refractivity contribution is 5.50. The molecular formula is C32H34F3N5O3. The number of ether oxygens (including phenoxy) is 1. The summed E-state index contributed by atoms with van der Waals surface area (Å²) in [5, 5.41) is 0. The van der Waals surface area contributed by atoms with Crippen molar-refractivity contribution in [3.63, 3.8) is 0 Å². The first kappa shape index (κ1) is 30.1. The van der Waals surface area contributed by atoms with E-state index >= 15 is 0 Å². The van der Waals surface area contributed by atoms with Gasteiger partial charge in [-0.25, -0.2) is 18.0 Å². The number of nitrogens with zero attached hydrogens (tertiary/aromatic N) is 4. The molecule has 1 fully saturated rings. The summed E-state index contributed by atoms with van der Waals surface area (Å²) in [4.78, 5) is 31.7. The van der Waals surface area contributed by atoms with Crippen molar-refractivity contribution in [2.75, 3.05) is 38.2 Å². The van der Waals surface area contributed by atoms with E-state index in [1.54, 1.807) is 13.0 Å². The molecule has 2 heterocycles. The third-order valence-corrected chi connectivity index (χ3v) is 7.98. The van der Waals surface area contributed by atoms with Gasteiger partial charge in [0, 0.05) is 55.6 Å². The first-order valence-electron chi connectivity index (χ1n) is 14.1. The molecule has 0 radical (unpaired) electrons. The van der Waals surface area contributed by atoms with Crippen LogP contribution in [0.4, 0.5) is 18.9 Å². The second kappa shape index (κ2) is 12.9. The maximum Gasteiger partial charge on any atom is 0.331 e. The van der Waals surface area contributed by atoms with E-state index in [4.69, 9.17) is 10.5 Å². The highest BCUT2D eigenvalue weighted by atomic mass is 19.1. The van der Waals surface area contributed by atoms with Crippen molar-refractivity contribution in [3.8, 4) is 5.75 Å². The molecule has 2 N–H and O–H groups in total. The number of nitrogens with two attached hydrogens (primary N) is 1. The summed E-state index contributed by atoms with van der Waals surface area (Å²) < 4.78 is 51.1. The summed E-state index contributed by atoms with van der Waals surface area (Å²) in [5.74, 6) is -1.80. The Morgan fingerprint density at radius 3 is 2.09 bits per heavy atom. The predicted octanol–water partition coefficient (Wildman–Crippen LogP) is 3.81. The lowest BCUT2D eigenvalue weighted by Gasteiger charge is -2.37. The number of halogens is 3. The van der Waals surface area contributed by atoms with Gasteiger partial charge in [-0.1, -0.05) is 48.5 Å². The van der Waals surface area contributed by atoms with E-state index in [-0.39, 0.29) is 23.5 Å². The highest BCUT2D eigenvalue weighted by Crippen LogP contribution is 2.25. The molecule has 3 aromatic carbocycles. The van der Waals surface area contributed by atoms with Gasteiger partial charge in [-0.2, -0.15) is 0 Å². The fourth-order valence-electron chi connectivity index (χ4n) is 5.62. The minimum absolute atomic E-state index is 0.117. The molecule has 0 bridgehead atoms. The van der Waals surface area contributed by atoms with Gasteiger partial charge in [0.2, 0.25) is 0 Å². The van der Waals surface area contributed by atoms with Gasteiger partial charge >= 0.3 is 5.69 Å². The van der Waals surface area contributed by atoms with Crippen molar-refractivity contribution in [1.29, 1.82) is 0 Å². The molecule has 1 aliphatic rings. The zero-order valence-electron chi connectivity index (χ0n) is 24.1. The molecule has 0 amide bonds. The molecule has 1 atom stereocenters. The number of piperazine rings is 1.